The Hall–Kier alpha value is -2.40. The van der Waals surface area contributed by atoms with Crippen LogP contribution in [0.15, 0.2) is 35.7 Å². The Labute approximate surface area is 167 Å². The fourth-order valence-corrected chi connectivity index (χ4v) is 4.39. The van der Waals surface area contributed by atoms with Crippen LogP contribution in [0.25, 0.3) is 11.0 Å². The number of rotatable bonds is 9. The van der Waals surface area contributed by atoms with Crippen LogP contribution >= 0.6 is 0 Å². The number of alkyl halides is 3. The molecule has 1 N–H and O–H groups in total. The first-order valence-corrected chi connectivity index (χ1v) is 10.5. The van der Waals surface area contributed by atoms with Gasteiger partial charge in [-0.05, 0) is 18.2 Å². The first kappa shape index (κ1) is 22.9. The Balaban J connectivity index is 2.49. The van der Waals surface area contributed by atoms with E-state index in [0.717, 1.165) is 10.6 Å². The van der Waals surface area contributed by atoms with Gasteiger partial charge in [-0.3, -0.25) is 4.79 Å². The lowest BCUT2D eigenvalue weighted by Crippen LogP contribution is -2.30. The zero-order valence-electron chi connectivity index (χ0n) is 16.2. The van der Waals surface area contributed by atoms with Crippen LogP contribution in [0, 0.1) is 0 Å². The SMILES string of the molecule is C=CCNC(=O)CCn1c(C(F)(F)F)nc2cc(S(=O)(=O)N(CC)CC)ccc21. The van der Waals surface area contributed by atoms with Crippen LogP contribution in [0.1, 0.15) is 26.1 Å². The minimum Gasteiger partial charge on any atom is -0.353 e. The number of halogens is 3. The number of nitrogens with one attached hydrogen (secondary N) is 1. The molecule has 2 rings (SSSR count). The number of carbonyl (C=O) groups excluding carboxylic acids is 1. The van der Waals surface area contributed by atoms with E-state index in [1.807, 2.05) is 0 Å². The standard InChI is InChI=1S/C18H23F3N4O3S/c1-4-10-22-16(26)9-11-25-15-8-7-13(29(27,28)24(5-2)6-3)12-14(15)23-17(25)18(19,20)21/h4,7-8,12H,1,5-6,9-11H2,2-3H3,(H,22,26). The van der Waals surface area contributed by atoms with Crippen molar-refractivity contribution < 1.29 is 26.4 Å². The molecule has 1 amide bonds. The van der Waals surface area contributed by atoms with Gasteiger partial charge in [0, 0.05) is 32.6 Å². The monoisotopic (exact) mass is 432 g/mol. The summed E-state index contributed by atoms with van der Waals surface area (Å²) >= 11 is 0. The number of benzene rings is 1. The summed E-state index contributed by atoms with van der Waals surface area (Å²) in [5, 5.41) is 2.50. The maximum absolute atomic E-state index is 13.5. The van der Waals surface area contributed by atoms with E-state index in [9.17, 15) is 26.4 Å². The van der Waals surface area contributed by atoms with Crippen LogP contribution in [-0.2, 0) is 27.5 Å². The third-order valence-electron chi connectivity index (χ3n) is 4.32. The molecule has 0 aliphatic carbocycles. The number of aromatic nitrogens is 2. The van der Waals surface area contributed by atoms with E-state index < -0.39 is 27.9 Å². The van der Waals surface area contributed by atoms with E-state index in [-0.39, 0.29) is 48.5 Å². The summed E-state index contributed by atoms with van der Waals surface area (Å²) in [7, 11) is -3.84. The van der Waals surface area contributed by atoms with Crippen LogP contribution in [0.3, 0.4) is 0 Å². The highest BCUT2D eigenvalue weighted by atomic mass is 32.2. The molecule has 1 aromatic heterocycles. The van der Waals surface area contributed by atoms with Crippen LogP contribution in [0.5, 0.6) is 0 Å². The molecule has 0 atom stereocenters. The molecule has 160 valence electrons. The zero-order valence-corrected chi connectivity index (χ0v) is 17.0. The van der Waals surface area contributed by atoms with Gasteiger partial charge in [0.15, 0.2) is 0 Å². The largest absolute Gasteiger partial charge is 0.449 e. The lowest BCUT2D eigenvalue weighted by Gasteiger charge is -2.18. The molecule has 0 unspecified atom stereocenters. The molecule has 0 aliphatic heterocycles. The Morgan fingerprint density at radius 1 is 1.31 bits per heavy atom. The van der Waals surface area contributed by atoms with Crippen LogP contribution in [0.4, 0.5) is 13.2 Å². The smallest absolute Gasteiger partial charge is 0.353 e. The van der Waals surface area contributed by atoms with Gasteiger partial charge in [0.05, 0.1) is 15.9 Å². The predicted molar refractivity (Wildman–Crippen MR) is 103 cm³/mol. The van der Waals surface area contributed by atoms with Crippen molar-refractivity contribution in [1.29, 1.82) is 0 Å². The molecule has 7 nitrogen and oxygen atoms in total. The number of carbonyl (C=O) groups is 1. The molecule has 0 saturated heterocycles. The van der Waals surface area contributed by atoms with Crippen LogP contribution in [-0.4, -0.2) is 47.8 Å². The summed E-state index contributed by atoms with van der Waals surface area (Å²) in [5.41, 5.74) is 0.00407. The number of hydrogen-bond acceptors (Lipinski definition) is 4. The summed E-state index contributed by atoms with van der Waals surface area (Å²) in [6.07, 6.45) is -3.49. The molecule has 29 heavy (non-hydrogen) atoms. The van der Waals surface area contributed by atoms with E-state index in [0.29, 0.717) is 0 Å². The lowest BCUT2D eigenvalue weighted by molar-refractivity contribution is -0.147. The summed E-state index contributed by atoms with van der Waals surface area (Å²) < 4.78 is 67.8. The Kier molecular flexibility index (Phi) is 7.06. The first-order valence-electron chi connectivity index (χ1n) is 9.01. The summed E-state index contributed by atoms with van der Waals surface area (Å²) in [6, 6.07) is 3.67. The highest BCUT2D eigenvalue weighted by molar-refractivity contribution is 7.89. The number of nitrogens with zero attached hydrogens (tertiary/aromatic N) is 3. The normalized spacial score (nSPS) is 12.5. The second kappa shape index (κ2) is 8.95. The van der Waals surface area contributed by atoms with E-state index in [2.05, 4.69) is 16.9 Å². The van der Waals surface area contributed by atoms with Crippen molar-refractivity contribution in [2.24, 2.45) is 0 Å². The average molecular weight is 432 g/mol. The van der Waals surface area contributed by atoms with Crippen molar-refractivity contribution in [2.75, 3.05) is 19.6 Å². The minimum absolute atomic E-state index is 0.0999. The van der Waals surface area contributed by atoms with Gasteiger partial charge in [-0.15, -0.1) is 6.58 Å². The maximum Gasteiger partial charge on any atom is 0.449 e. The molecule has 11 heteroatoms. The van der Waals surface area contributed by atoms with E-state index >= 15 is 0 Å². The van der Waals surface area contributed by atoms with Gasteiger partial charge in [0.2, 0.25) is 21.8 Å². The summed E-state index contributed by atoms with van der Waals surface area (Å²) in [4.78, 5) is 15.2. The third kappa shape index (κ3) is 4.96. The van der Waals surface area contributed by atoms with E-state index in [1.54, 1.807) is 13.8 Å². The van der Waals surface area contributed by atoms with Crippen molar-refractivity contribution >= 4 is 27.0 Å². The minimum atomic E-state index is -4.76. The third-order valence-corrected chi connectivity index (χ3v) is 6.37. The molecule has 0 radical (unpaired) electrons. The van der Waals surface area contributed by atoms with Gasteiger partial charge in [0.1, 0.15) is 0 Å². The van der Waals surface area contributed by atoms with Crippen molar-refractivity contribution in [2.45, 2.75) is 37.9 Å². The number of sulfonamides is 1. The van der Waals surface area contributed by atoms with Gasteiger partial charge >= 0.3 is 6.18 Å². The molecular weight excluding hydrogens is 409 g/mol. The highest BCUT2D eigenvalue weighted by Gasteiger charge is 2.38. The van der Waals surface area contributed by atoms with Gasteiger partial charge in [-0.1, -0.05) is 19.9 Å². The Bertz CT molecular complexity index is 996. The second-order valence-electron chi connectivity index (χ2n) is 6.17. The van der Waals surface area contributed by atoms with Gasteiger partial charge in [0.25, 0.3) is 0 Å². The number of imidazole rings is 1. The first-order chi connectivity index (χ1) is 13.6. The predicted octanol–water partition coefficient (Wildman–Crippen LogP) is 2.78. The molecule has 0 saturated carbocycles. The molecule has 1 heterocycles. The molecule has 0 aliphatic rings. The molecule has 0 bridgehead atoms. The highest BCUT2D eigenvalue weighted by Crippen LogP contribution is 2.32. The summed E-state index contributed by atoms with van der Waals surface area (Å²) in [5.74, 6) is -1.61. The fourth-order valence-electron chi connectivity index (χ4n) is 2.91. The number of aryl methyl sites for hydroxylation is 1. The van der Waals surface area contributed by atoms with Crippen LogP contribution in [0.2, 0.25) is 0 Å². The Morgan fingerprint density at radius 2 is 1.97 bits per heavy atom. The zero-order chi connectivity index (χ0) is 21.8. The quantitative estimate of drug-likeness (QED) is 0.618. The lowest BCUT2D eigenvalue weighted by atomic mass is 10.3. The van der Waals surface area contributed by atoms with Crippen molar-refractivity contribution in [3.05, 3.63) is 36.7 Å². The van der Waals surface area contributed by atoms with E-state index in [4.69, 9.17) is 0 Å². The topological polar surface area (TPSA) is 84.3 Å². The second-order valence-corrected chi connectivity index (χ2v) is 8.11. The van der Waals surface area contributed by atoms with Crippen molar-refractivity contribution in [3.8, 4) is 0 Å². The fraction of sp³-hybridized carbons (Fsp3) is 0.444. The molecule has 0 fully saturated rings. The average Bonchev–Trinajstić information content (AvgIpc) is 3.03. The maximum atomic E-state index is 13.5. The summed E-state index contributed by atoms with van der Waals surface area (Å²) in [6.45, 7) is 7.23. The van der Waals surface area contributed by atoms with Crippen molar-refractivity contribution in [3.63, 3.8) is 0 Å². The number of fused-ring (bicyclic) bond motifs is 1. The Morgan fingerprint density at radius 3 is 2.52 bits per heavy atom. The van der Waals surface area contributed by atoms with Gasteiger partial charge in [-0.2, -0.15) is 17.5 Å². The van der Waals surface area contributed by atoms with Gasteiger partial charge in [-0.25, -0.2) is 13.4 Å². The van der Waals surface area contributed by atoms with Gasteiger partial charge < -0.3 is 9.88 Å². The van der Waals surface area contributed by atoms with Crippen LogP contribution < -0.4 is 5.32 Å². The molecule has 0 spiro atoms. The molecule has 2 aromatic rings. The number of hydrogen-bond donors (Lipinski definition) is 1. The van der Waals surface area contributed by atoms with Crippen molar-refractivity contribution in [1.82, 2.24) is 19.2 Å². The molecular formula is C18H23F3N4O3S. The number of amides is 1. The van der Waals surface area contributed by atoms with E-state index in [1.165, 1.54) is 22.5 Å². The molecule has 1 aromatic carbocycles.